The molecule has 3 aromatic rings. The fraction of sp³-hybridized carbons (Fsp3) is 0.318. The largest absolute Gasteiger partial charge is 0.496 e. The molecule has 0 aliphatic carbocycles. The van der Waals surface area contributed by atoms with Crippen molar-refractivity contribution >= 4 is 34.2 Å². The number of nitrogens with one attached hydrogen (secondary N) is 1. The number of halogens is 1. The Balaban J connectivity index is 1.37. The molecule has 0 bridgehead atoms. The molecule has 2 aromatic carbocycles. The molecule has 0 atom stereocenters. The first-order chi connectivity index (χ1) is 14.1. The van der Waals surface area contributed by atoms with Crippen LogP contribution in [0.5, 0.6) is 5.75 Å². The molecule has 1 fully saturated rings. The standard InChI is InChI=1S/C22H23ClN4O2/c1-29-20-5-3-2-4-15(20)12-21(28)27-10-8-17(9-11-27)26-22-18-7-6-16(23)13-19(18)24-14-25-22/h2-7,13-14,17H,8-12H2,1H3,(H,24,25,26). The Bertz CT molecular complexity index is 1020. The lowest BCUT2D eigenvalue weighted by Gasteiger charge is -2.33. The zero-order chi connectivity index (χ0) is 20.2. The molecule has 1 saturated heterocycles. The van der Waals surface area contributed by atoms with Crippen molar-refractivity contribution in [2.24, 2.45) is 0 Å². The van der Waals surface area contributed by atoms with E-state index in [0.29, 0.717) is 11.4 Å². The van der Waals surface area contributed by atoms with Gasteiger partial charge in [-0.15, -0.1) is 0 Å². The highest BCUT2D eigenvalue weighted by Gasteiger charge is 2.24. The topological polar surface area (TPSA) is 67.3 Å². The van der Waals surface area contributed by atoms with Gasteiger partial charge in [0.15, 0.2) is 0 Å². The van der Waals surface area contributed by atoms with E-state index in [1.54, 1.807) is 13.4 Å². The molecule has 7 heteroatoms. The summed E-state index contributed by atoms with van der Waals surface area (Å²) in [6, 6.07) is 13.6. The van der Waals surface area contributed by atoms with E-state index in [2.05, 4.69) is 15.3 Å². The van der Waals surface area contributed by atoms with Crippen LogP contribution in [0.15, 0.2) is 48.8 Å². The van der Waals surface area contributed by atoms with E-state index in [0.717, 1.165) is 54.0 Å². The van der Waals surface area contributed by atoms with E-state index < -0.39 is 0 Å². The summed E-state index contributed by atoms with van der Waals surface area (Å²) in [6.07, 6.45) is 3.65. The number of carbonyl (C=O) groups is 1. The average Bonchev–Trinajstić information content (AvgIpc) is 2.74. The Labute approximate surface area is 174 Å². The van der Waals surface area contributed by atoms with Gasteiger partial charge in [-0.25, -0.2) is 9.97 Å². The molecule has 1 aliphatic rings. The van der Waals surface area contributed by atoms with Crippen LogP contribution in [0, 0.1) is 0 Å². The van der Waals surface area contributed by atoms with Crippen LogP contribution in [0.25, 0.3) is 10.9 Å². The summed E-state index contributed by atoms with van der Waals surface area (Å²) in [5, 5.41) is 5.13. The first-order valence-corrected chi connectivity index (χ1v) is 10.1. The lowest BCUT2D eigenvalue weighted by molar-refractivity contribution is -0.131. The van der Waals surface area contributed by atoms with E-state index in [1.165, 1.54) is 0 Å². The van der Waals surface area contributed by atoms with E-state index >= 15 is 0 Å². The number of likely N-dealkylation sites (tertiary alicyclic amines) is 1. The van der Waals surface area contributed by atoms with Crippen LogP contribution in [0.3, 0.4) is 0 Å². The number of amides is 1. The highest BCUT2D eigenvalue weighted by molar-refractivity contribution is 6.31. The molecule has 2 heterocycles. The Hall–Kier alpha value is -2.86. The lowest BCUT2D eigenvalue weighted by atomic mass is 10.0. The number of benzene rings is 2. The zero-order valence-electron chi connectivity index (χ0n) is 16.3. The molecule has 0 unspecified atom stereocenters. The van der Waals surface area contributed by atoms with Crippen LogP contribution in [-0.2, 0) is 11.2 Å². The molecule has 150 valence electrons. The molecule has 1 aromatic heterocycles. The number of anilines is 1. The average molecular weight is 411 g/mol. The van der Waals surface area contributed by atoms with Crippen LogP contribution >= 0.6 is 11.6 Å². The van der Waals surface area contributed by atoms with Crippen LogP contribution in [0.4, 0.5) is 5.82 Å². The lowest BCUT2D eigenvalue weighted by Crippen LogP contribution is -2.43. The minimum absolute atomic E-state index is 0.134. The minimum Gasteiger partial charge on any atom is -0.496 e. The third kappa shape index (κ3) is 4.43. The fourth-order valence-corrected chi connectivity index (χ4v) is 3.90. The van der Waals surface area contributed by atoms with Crippen LogP contribution in [-0.4, -0.2) is 47.0 Å². The quantitative estimate of drug-likeness (QED) is 0.690. The third-order valence-electron chi connectivity index (χ3n) is 5.32. The third-order valence-corrected chi connectivity index (χ3v) is 5.56. The molecule has 0 radical (unpaired) electrons. The monoisotopic (exact) mass is 410 g/mol. The number of nitrogens with zero attached hydrogens (tertiary/aromatic N) is 3. The van der Waals surface area contributed by atoms with E-state index in [1.807, 2.05) is 47.4 Å². The molecule has 0 saturated carbocycles. The van der Waals surface area contributed by atoms with Crippen molar-refractivity contribution in [1.82, 2.24) is 14.9 Å². The summed E-state index contributed by atoms with van der Waals surface area (Å²) in [5.74, 6) is 1.70. The van der Waals surface area contributed by atoms with E-state index in [9.17, 15) is 4.79 Å². The predicted molar refractivity (Wildman–Crippen MR) is 114 cm³/mol. The number of carbonyl (C=O) groups excluding carboxylic acids is 1. The van der Waals surface area contributed by atoms with Gasteiger partial charge >= 0.3 is 0 Å². The molecule has 1 N–H and O–H groups in total. The second-order valence-electron chi connectivity index (χ2n) is 7.17. The Morgan fingerprint density at radius 2 is 2.00 bits per heavy atom. The maximum absolute atomic E-state index is 12.7. The van der Waals surface area contributed by atoms with Crippen LogP contribution in [0.2, 0.25) is 5.02 Å². The summed E-state index contributed by atoms with van der Waals surface area (Å²) in [4.78, 5) is 23.3. The van der Waals surface area contributed by atoms with Crippen LogP contribution in [0.1, 0.15) is 18.4 Å². The highest BCUT2D eigenvalue weighted by atomic mass is 35.5. The summed E-state index contributed by atoms with van der Waals surface area (Å²) >= 11 is 6.06. The number of ether oxygens (including phenoxy) is 1. The van der Waals surface area contributed by atoms with Gasteiger partial charge in [-0.3, -0.25) is 4.79 Å². The summed E-state index contributed by atoms with van der Waals surface area (Å²) in [7, 11) is 1.63. The fourth-order valence-electron chi connectivity index (χ4n) is 3.74. The Morgan fingerprint density at radius 1 is 1.21 bits per heavy atom. The molecule has 1 aliphatic heterocycles. The number of hydrogen-bond acceptors (Lipinski definition) is 5. The van der Waals surface area contributed by atoms with Crippen molar-refractivity contribution < 1.29 is 9.53 Å². The Kier molecular flexibility index (Phi) is 5.81. The second-order valence-corrected chi connectivity index (χ2v) is 7.61. The van der Waals surface area contributed by atoms with Crippen molar-refractivity contribution in [3.63, 3.8) is 0 Å². The SMILES string of the molecule is COc1ccccc1CC(=O)N1CCC(Nc2ncnc3cc(Cl)ccc23)CC1. The summed E-state index contributed by atoms with van der Waals surface area (Å²) in [6.45, 7) is 1.45. The predicted octanol–water partition coefficient (Wildman–Crippen LogP) is 3.94. The first kappa shape index (κ1) is 19.5. The van der Waals surface area contributed by atoms with Crippen molar-refractivity contribution in [3.05, 3.63) is 59.4 Å². The number of fused-ring (bicyclic) bond motifs is 1. The molecule has 29 heavy (non-hydrogen) atoms. The molecule has 0 spiro atoms. The highest BCUT2D eigenvalue weighted by Crippen LogP contribution is 2.25. The number of piperidine rings is 1. The number of hydrogen-bond donors (Lipinski definition) is 1. The van der Waals surface area contributed by atoms with Crippen molar-refractivity contribution in [2.75, 3.05) is 25.5 Å². The maximum Gasteiger partial charge on any atom is 0.227 e. The van der Waals surface area contributed by atoms with Gasteiger partial charge in [-0.05, 0) is 37.1 Å². The van der Waals surface area contributed by atoms with E-state index in [4.69, 9.17) is 16.3 Å². The molecule has 1 amide bonds. The van der Waals surface area contributed by atoms with Gasteiger partial charge < -0.3 is 15.0 Å². The number of rotatable bonds is 5. The van der Waals surface area contributed by atoms with Crippen molar-refractivity contribution in [2.45, 2.75) is 25.3 Å². The van der Waals surface area contributed by atoms with Gasteiger partial charge in [0.1, 0.15) is 17.9 Å². The summed E-state index contributed by atoms with van der Waals surface area (Å²) < 4.78 is 5.36. The van der Waals surface area contributed by atoms with Crippen molar-refractivity contribution in [3.8, 4) is 5.75 Å². The molecule has 6 nitrogen and oxygen atoms in total. The van der Waals surface area contributed by atoms with Gasteiger partial charge in [-0.2, -0.15) is 0 Å². The number of methoxy groups -OCH3 is 1. The molecule has 4 rings (SSSR count). The van der Waals surface area contributed by atoms with Gasteiger partial charge in [0.25, 0.3) is 0 Å². The normalized spacial score (nSPS) is 14.8. The number of aromatic nitrogens is 2. The number of para-hydroxylation sites is 1. The van der Waals surface area contributed by atoms with Crippen molar-refractivity contribution in [1.29, 1.82) is 0 Å². The first-order valence-electron chi connectivity index (χ1n) is 9.70. The maximum atomic E-state index is 12.7. The van der Waals surface area contributed by atoms with Gasteiger partial charge in [-0.1, -0.05) is 29.8 Å². The molecular formula is C22H23ClN4O2. The van der Waals surface area contributed by atoms with E-state index in [-0.39, 0.29) is 11.9 Å². The minimum atomic E-state index is 0.134. The van der Waals surface area contributed by atoms with Gasteiger partial charge in [0.2, 0.25) is 5.91 Å². The van der Waals surface area contributed by atoms with Gasteiger partial charge in [0, 0.05) is 35.1 Å². The second kappa shape index (κ2) is 8.66. The zero-order valence-corrected chi connectivity index (χ0v) is 17.0. The summed E-state index contributed by atoms with van der Waals surface area (Å²) in [5.41, 5.74) is 1.74. The molecular weight excluding hydrogens is 388 g/mol. The Morgan fingerprint density at radius 3 is 2.79 bits per heavy atom. The smallest absolute Gasteiger partial charge is 0.227 e. The van der Waals surface area contributed by atoms with Crippen LogP contribution < -0.4 is 10.1 Å². The van der Waals surface area contributed by atoms with Gasteiger partial charge in [0.05, 0.1) is 19.0 Å².